The van der Waals surface area contributed by atoms with E-state index in [1.807, 2.05) is 0 Å². The van der Waals surface area contributed by atoms with Crippen molar-refractivity contribution in [2.24, 2.45) is 11.8 Å². The van der Waals surface area contributed by atoms with Gasteiger partial charge in [-0.3, -0.25) is 0 Å². The number of hydrogen-bond donors (Lipinski definition) is 0. The van der Waals surface area contributed by atoms with Gasteiger partial charge < -0.3 is 4.74 Å². The number of hydrogen-bond acceptors (Lipinski definition) is 1. The van der Waals surface area contributed by atoms with E-state index in [2.05, 4.69) is 18.7 Å². The predicted molar refractivity (Wildman–Crippen MR) is 40.7 cm³/mol. The Balaban J connectivity index is 2.25. The zero-order valence-corrected chi connectivity index (χ0v) is 6.21. The first kappa shape index (κ1) is 6.17. The third-order valence-electron chi connectivity index (χ3n) is 2.58. The third-order valence-corrected chi connectivity index (χ3v) is 2.58. The van der Waals surface area contributed by atoms with Gasteiger partial charge in [0.25, 0.3) is 0 Å². The monoisotopic (exact) mass is 136 g/mol. The van der Waals surface area contributed by atoms with E-state index in [0.29, 0.717) is 17.9 Å². The highest BCUT2D eigenvalue weighted by atomic mass is 16.5. The summed E-state index contributed by atoms with van der Waals surface area (Å²) in [4.78, 5) is 0. The van der Waals surface area contributed by atoms with Crippen molar-refractivity contribution in [2.45, 2.75) is 12.5 Å². The summed E-state index contributed by atoms with van der Waals surface area (Å²) in [6.07, 6.45) is 6.03. The van der Waals surface area contributed by atoms with Gasteiger partial charge >= 0.3 is 0 Å². The molecule has 1 heteroatoms. The molecule has 54 valence electrons. The van der Waals surface area contributed by atoms with E-state index in [-0.39, 0.29) is 0 Å². The fourth-order valence-electron chi connectivity index (χ4n) is 2.06. The smallest absolute Gasteiger partial charge is 0.0736 e. The van der Waals surface area contributed by atoms with Gasteiger partial charge in [0, 0.05) is 18.9 Å². The molecule has 0 amide bonds. The second kappa shape index (κ2) is 1.96. The summed E-state index contributed by atoms with van der Waals surface area (Å²) in [7, 11) is 1.79. The fraction of sp³-hybridized carbons (Fsp3) is 0.556. The normalized spacial score (nSPS) is 43.3. The summed E-state index contributed by atoms with van der Waals surface area (Å²) in [5, 5.41) is 0. The van der Waals surface area contributed by atoms with E-state index < -0.39 is 0 Å². The van der Waals surface area contributed by atoms with Crippen LogP contribution in [0, 0.1) is 11.8 Å². The molecule has 3 atom stereocenters. The van der Waals surface area contributed by atoms with Crippen molar-refractivity contribution in [3.8, 4) is 0 Å². The Hall–Kier alpha value is -0.560. The minimum absolute atomic E-state index is 0.410. The summed E-state index contributed by atoms with van der Waals surface area (Å²) < 4.78 is 5.35. The molecule has 2 aliphatic rings. The lowest BCUT2D eigenvalue weighted by atomic mass is 10.0. The van der Waals surface area contributed by atoms with Crippen LogP contribution in [0.3, 0.4) is 0 Å². The first-order valence-corrected chi connectivity index (χ1v) is 3.71. The van der Waals surface area contributed by atoms with Gasteiger partial charge in [-0.15, -0.1) is 0 Å². The second-order valence-corrected chi connectivity index (χ2v) is 3.14. The first-order chi connectivity index (χ1) is 4.83. The average molecular weight is 136 g/mol. The van der Waals surface area contributed by atoms with Gasteiger partial charge in [-0.05, 0) is 6.42 Å². The number of ether oxygens (including phenoxy) is 1. The molecule has 0 unspecified atom stereocenters. The largest absolute Gasteiger partial charge is 0.380 e. The van der Waals surface area contributed by atoms with Crippen molar-refractivity contribution < 1.29 is 4.74 Å². The maximum Gasteiger partial charge on any atom is 0.0736 e. The molecule has 2 rings (SSSR count). The standard InChI is InChI=1S/C9H12O/c1-6-5-7-3-4-8(6)9(7)10-2/h3-4,7-9H,1,5H2,2H3/t7-,8+,9-/m0/s1. The van der Waals surface area contributed by atoms with Crippen LogP contribution >= 0.6 is 0 Å². The van der Waals surface area contributed by atoms with E-state index >= 15 is 0 Å². The highest BCUT2D eigenvalue weighted by Crippen LogP contribution is 2.43. The Morgan fingerprint density at radius 1 is 1.60 bits per heavy atom. The van der Waals surface area contributed by atoms with Crippen molar-refractivity contribution in [1.82, 2.24) is 0 Å². The Morgan fingerprint density at radius 2 is 2.40 bits per heavy atom. The molecule has 0 radical (unpaired) electrons. The number of rotatable bonds is 1. The molecular weight excluding hydrogens is 124 g/mol. The van der Waals surface area contributed by atoms with Crippen LogP contribution in [0.4, 0.5) is 0 Å². The number of fused-ring (bicyclic) bond motifs is 2. The molecule has 2 bridgehead atoms. The predicted octanol–water partition coefficient (Wildman–Crippen LogP) is 1.76. The van der Waals surface area contributed by atoms with Crippen molar-refractivity contribution in [3.05, 3.63) is 24.3 Å². The Morgan fingerprint density at radius 3 is 2.70 bits per heavy atom. The van der Waals surface area contributed by atoms with Crippen LogP contribution in [-0.4, -0.2) is 13.2 Å². The van der Waals surface area contributed by atoms with Crippen LogP contribution in [0.1, 0.15) is 6.42 Å². The van der Waals surface area contributed by atoms with E-state index in [0.717, 1.165) is 6.42 Å². The molecule has 0 aromatic heterocycles. The fourth-order valence-corrected chi connectivity index (χ4v) is 2.06. The molecule has 0 spiro atoms. The topological polar surface area (TPSA) is 9.23 Å². The lowest BCUT2D eigenvalue weighted by molar-refractivity contribution is 0.0764. The Labute approximate surface area is 61.4 Å². The summed E-state index contributed by atoms with van der Waals surface area (Å²) in [6, 6.07) is 0. The van der Waals surface area contributed by atoms with Crippen LogP contribution in [0.15, 0.2) is 24.3 Å². The summed E-state index contributed by atoms with van der Waals surface area (Å²) in [5.41, 5.74) is 1.35. The molecular formula is C9H12O. The van der Waals surface area contributed by atoms with E-state index in [1.54, 1.807) is 7.11 Å². The number of methoxy groups -OCH3 is 1. The summed E-state index contributed by atoms with van der Waals surface area (Å²) in [5.74, 6) is 1.15. The molecule has 0 saturated heterocycles. The van der Waals surface area contributed by atoms with Crippen LogP contribution < -0.4 is 0 Å². The summed E-state index contributed by atoms with van der Waals surface area (Å²) in [6.45, 7) is 4.00. The SMILES string of the molecule is C=C1C[C@@H]2C=C[C@H]1[C@H]2OC. The quantitative estimate of drug-likeness (QED) is 0.499. The molecule has 1 saturated carbocycles. The Kier molecular flexibility index (Phi) is 1.21. The van der Waals surface area contributed by atoms with Crippen LogP contribution in [0.2, 0.25) is 0 Å². The zero-order chi connectivity index (χ0) is 7.14. The van der Waals surface area contributed by atoms with E-state index in [4.69, 9.17) is 4.74 Å². The summed E-state index contributed by atoms with van der Waals surface area (Å²) >= 11 is 0. The van der Waals surface area contributed by atoms with Crippen LogP contribution in [-0.2, 0) is 4.74 Å². The second-order valence-electron chi connectivity index (χ2n) is 3.14. The van der Waals surface area contributed by atoms with E-state index in [1.165, 1.54) is 5.57 Å². The third kappa shape index (κ3) is 0.613. The van der Waals surface area contributed by atoms with Gasteiger partial charge in [0.2, 0.25) is 0 Å². The maximum absolute atomic E-state index is 5.35. The molecule has 2 aliphatic carbocycles. The van der Waals surface area contributed by atoms with Crippen LogP contribution in [0.25, 0.3) is 0 Å². The molecule has 10 heavy (non-hydrogen) atoms. The molecule has 1 fully saturated rings. The van der Waals surface area contributed by atoms with Gasteiger partial charge in [-0.2, -0.15) is 0 Å². The first-order valence-electron chi connectivity index (χ1n) is 3.71. The van der Waals surface area contributed by atoms with Crippen molar-refractivity contribution >= 4 is 0 Å². The average Bonchev–Trinajstić information content (AvgIpc) is 2.42. The minimum Gasteiger partial charge on any atom is -0.380 e. The lowest BCUT2D eigenvalue weighted by Crippen LogP contribution is -2.16. The highest BCUT2D eigenvalue weighted by molar-refractivity contribution is 5.28. The van der Waals surface area contributed by atoms with E-state index in [9.17, 15) is 0 Å². The lowest BCUT2D eigenvalue weighted by Gasteiger charge is -2.12. The van der Waals surface area contributed by atoms with Gasteiger partial charge in [0.1, 0.15) is 0 Å². The molecule has 1 nitrogen and oxygen atoms in total. The minimum atomic E-state index is 0.410. The van der Waals surface area contributed by atoms with Gasteiger partial charge in [-0.1, -0.05) is 24.3 Å². The van der Waals surface area contributed by atoms with Crippen molar-refractivity contribution in [2.75, 3.05) is 7.11 Å². The van der Waals surface area contributed by atoms with Crippen LogP contribution in [0.5, 0.6) is 0 Å². The molecule has 0 heterocycles. The zero-order valence-electron chi connectivity index (χ0n) is 6.21. The molecule has 0 N–H and O–H groups in total. The van der Waals surface area contributed by atoms with Crippen molar-refractivity contribution in [3.63, 3.8) is 0 Å². The van der Waals surface area contributed by atoms with Gasteiger partial charge in [-0.25, -0.2) is 0 Å². The van der Waals surface area contributed by atoms with Gasteiger partial charge in [0.15, 0.2) is 0 Å². The Bertz CT molecular complexity index is 193. The maximum atomic E-state index is 5.35. The van der Waals surface area contributed by atoms with Crippen molar-refractivity contribution in [1.29, 1.82) is 0 Å². The molecule has 0 aliphatic heterocycles. The highest BCUT2D eigenvalue weighted by Gasteiger charge is 2.40. The molecule has 0 aromatic rings. The van der Waals surface area contributed by atoms with Gasteiger partial charge in [0.05, 0.1) is 6.10 Å². The molecule has 0 aromatic carbocycles.